The Hall–Kier alpha value is -1.23. The fourth-order valence-electron chi connectivity index (χ4n) is 3.25. The number of hydrogen-bond donors (Lipinski definition) is 1. The van der Waals surface area contributed by atoms with Gasteiger partial charge in [0.2, 0.25) is 21.8 Å². The maximum atomic E-state index is 12.6. The summed E-state index contributed by atoms with van der Waals surface area (Å²) in [6, 6.07) is 2.82. The van der Waals surface area contributed by atoms with Crippen LogP contribution in [0, 0.1) is 0 Å². The molecule has 2 aliphatic rings. The molecular weight excluding hydrogens is 454 g/mol. The number of nitrogens with zero attached hydrogens (tertiary/aromatic N) is 2. The van der Waals surface area contributed by atoms with Gasteiger partial charge in [-0.25, -0.2) is 8.42 Å². The topological polar surface area (TPSA) is 86.8 Å². The third kappa shape index (κ3) is 5.63. The van der Waals surface area contributed by atoms with Gasteiger partial charge < -0.3 is 9.80 Å². The van der Waals surface area contributed by atoms with Gasteiger partial charge in [0.1, 0.15) is 6.04 Å². The predicted octanol–water partition coefficient (Wildman–Crippen LogP) is 2.01. The first kappa shape index (κ1) is 20.5. The smallest absolute Gasteiger partial charge is 0.242 e. The highest BCUT2D eigenvalue weighted by atomic mass is 79.9. The Morgan fingerprint density at radius 3 is 2.67 bits per heavy atom. The van der Waals surface area contributed by atoms with Crippen molar-refractivity contribution < 1.29 is 18.0 Å². The Balaban J connectivity index is 1.59. The summed E-state index contributed by atoms with van der Waals surface area (Å²) in [4.78, 5) is 29.0. The second-order valence-electron chi connectivity index (χ2n) is 6.65. The number of amides is 2. The van der Waals surface area contributed by atoms with E-state index < -0.39 is 16.1 Å². The van der Waals surface area contributed by atoms with Crippen molar-refractivity contribution >= 4 is 55.2 Å². The normalized spacial score (nSPS) is 21.4. The van der Waals surface area contributed by atoms with Gasteiger partial charge in [-0.05, 0) is 59.8 Å². The molecule has 0 radical (unpaired) electrons. The molecule has 2 fully saturated rings. The third-order valence-electron chi connectivity index (χ3n) is 4.63. The van der Waals surface area contributed by atoms with Crippen LogP contribution in [0.3, 0.4) is 0 Å². The molecule has 2 aliphatic heterocycles. The molecule has 0 aliphatic carbocycles. The molecule has 27 heavy (non-hydrogen) atoms. The second-order valence-corrected chi connectivity index (χ2v) is 10.7. The van der Waals surface area contributed by atoms with E-state index in [1.54, 1.807) is 11.0 Å². The van der Waals surface area contributed by atoms with E-state index in [4.69, 9.17) is 0 Å². The zero-order valence-electron chi connectivity index (χ0n) is 14.8. The van der Waals surface area contributed by atoms with Crippen LogP contribution in [-0.2, 0) is 19.6 Å². The molecule has 3 heterocycles. The number of hydrogen-bond acceptors (Lipinski definition) is 5. The highest BCUT2D eigenvalue weighted by Gasteiger charge is 2.33. The lowest BCUT2D eigenvalue weighted by Crippen LogP contribution is -2.54. The lowest BCUT2D eigenvalue weighted by molar-refractivity contribution is -0.142. The molecule has 1 atom stereocenters. The molecule has 0 bridgehead atoms. The highest BCUT2D eigenvalue weighted by molar-refractivity contribution is 9.11. The minimum Gasteiger partial charge on any atom is -0.341 e. The van der Waals surface area contributed by atoms with Crippen LogP contribution in [0.25, 0.3) is 6.08 Å². The highest BCUT2D eigenvalue weighted by Crippen LogP contribution is 2.23. The first-order valence-corrected chi connectivity index (χ1v) is 12.0. The SMILES string of the molecule is O=C(CN1CCC[C@H](NS(=O)(=O)/C=C/c2ccc(Br)s2)C1=O)N1CCCC1. The van der Waals surface area contributed by atoms with Crippen molar-refractivity contribution in [1.82, 2.24) is 14.5 Å². The van der Waals surface area contributed by atoms with Crippen LogP contribution in [0.5, 0.6) is 0 Å². The minimum atomic E-state index is -3.75. The Bertz CT molecular complexity index is 831. The minimum absolute atomic E-state index is 0.0239. The monoisotopic (exact) mass is 475 g/mol. The zero-order chi connectivity index (χ0) is 19.4. The van der Waals surface area contributed by atoms with Crippen molar-refractivity contribution in [2.45, 2.75) is 31.7 Å². The Morgan fingerprint density at radius 2 is 2.00 bits per heavy atom. The van der Waals surface area contributed by atoms with Crippen molar-refractivity contribution in [3.8, 4) is 0 Å². The van der Waals surface area contributed by atoms with Gasteiger partial charge in [0, 0.05) is 29.9 Å². The van der Waals surface area contributed by atoms with Crippen LogP contribution in [0.1, 0.15) is 30.6 Å². The number of rotatable bonds is 6. The van der Waals surface area contributed by atoms with Gasteiger partial charge in [-0.15, -0.1) is 11.3 Å². The third-order valence-corrected chi connectivity index (χ3v) is 7.32. The van der Waals surface area contributed by atoms with Gasteiger partial charge in [-0.1, -0.05) is 0 Å². The number of likely N-dealkylation sites (tertiary alicyclic amines) is 2. The predicted molar refractivity (Wildman–Crippen MR) is 109 cm³/mol. The van der Waals surface area contributed by atoms with Crippen molar-refractivity contribution in [1.29, 1.82) is 0 Å². The van der Waals surface area contributed by atoms with E-state index in [2.05, 4.69) is 20.7 Å². The van der Waals surface area contributed by atoms with Crippen molar-refractivity contribution in [3.05, 3.63) is 26.2 Å². The number of carbonyl (C=O) groups excluding carboxylic acids is 2. The lowest BCUT2D eigenvalue weighted by atomic mass is 10.1. The summed E-state index contributed by atoms with van der Waals surface area (Å²) < 4.78 is 28.0. The van der Waals surface area contributed by atoms with Gasteiger partial charge >= 0.3 is 0 Å². The van der Waals surface area contributed by atoms with E-state index in [1.807, 2.05) is 6.07 Å². The molecule has 0 aromatic carbocycles. The molecule has 0 saturated carbocycles. The standard InChI is InChI=1S/C17H22BrN3O4S2/c18-15-6-5-13(26-15)7-11-27(24,25)19-14-4-3-10-21(17(14)23)12-16(22)20-8-1-2-9-20/h5-7,11,14,19H,1-4,8-10,12H2/b11-7+/t14-/m0/s1. The number of nitrogens with one attached hydrogen (secondary N) is 1. The maximum absolute atomic E-state index is 12.6. The second kappa shape index (κ2) is 8.85. The molecule has 7 nitrogen and oxygen atoms in total. The quantitative estimate of drug-likeness (QED) is 0.681. The van der Waals surface area contributed by atoms with Crippen LogP contribution in [-0.4, -0.2) is 62.3 Å². The molecule has 1 N–H and O–H groups in total. The molecule has 0 unspecified atom stereocenters. The first-order chi connectivity index (χ1) is 12.8. The maximum Gasteiger partial charge on any atom is 0.242 e. The Kier molecular flexibility index (Phi) is 6.72. The van der Waals surface area contributed by atoms with Gasteiger partial charge in [-0.2, -0.15) is 4.72 Å². The molecule has 2 saturated heterocycles. The van der Waals surface area contributed by atoms with Crippen LogP contribution in [0.15, 0.2) is 21.3 Å². The molecule has 3 rings (SSSR count). The van der Waals surface area contributed by atoms with Crippen LogP contribution < -0.4 is 4.72 Å². The number of sulfonamides is 1. The van der Waals surface area contributed by atoms with E-state index in [0.29, 0.717) is 19.4 Å². The van der Waals surface area contributed by atoms with E-state index >= 15 is 0 Å². The average Bonchev–Trinajstić information content (AvgIpc) is 3.28. The summed E-state index contributed by atoms with van der Waals surface area (Å²) >= 11 is 4.74. The molecule has 0 spiro atoms. The van der Waals surface area contributed by atoms with E-state index in [9.17, 15) is 18.0 Å². The summed E-state index contributed by atoms with van der Waals surface area (Å²) in [6.07, 6.45) is 4.59. The summed E-state index contributed by atoms with van der Waals surface area (Å²) in [5.74, 6) is -0.392. The average molecular weight is 476 g/mol. The van der Waals surface area contributed by atoms with Crippen molar-refractivity contribution in [2.75, 3.05) is 26.2 Å². The molecule has 1 aromatic heterocycles. The summed E-state index contributed by atoms with van der Waals surface area (Å²) in [5.41, 5.74) is 0. The molecule has 148 valence electrons. The van der Waals surface area contributed by atoms with Crippen molar-refractivity contribution in [3.63, 3.8) is 0 Å². The van der Waals surface area contributed by atoms with E-state index in [1.165, 1.54) is 22.3 Å². The van der Waals surface area contributed by atoms with Crippen LogP contribution in [0.4, 0.5) is 0 Å². The number of carbonyl (C=O) groups is 2. The fourth-order valence-corrected chi connectivity index (χ4v) is 5.68. The van der Waals surface area contributed by atoms with Crippen molar-refractivity contribution in [2.24, 2.45) is 0 Å². The van der Waals surface area contributed by atoms with Gasteiger partial charge in [0.05, 0.1) is 10.3 Å². The Morgan fingerprint density at radius 1 is 1.26 bits per heavy atom. The number of halogens is 1. The number of piperidine rings is 1. The van der Waals surface area contributed by atoms with E-state index in [-0.39, 0.29) is 18.4 Å². The summed E-state index contributed by atoms with van der Waals surface area (Å²) in [6.45, 7) is 1.98. The summed E-state index contributed by atoms with van der Waals surface area (Å²) in [5, 5.41) is 1.08. The van der Waals surface area contributed by atoms with Crippen LogP contribution >= 0.6 is 27.3 Å². The van der Waals surface area contributed by atoms with Gasteiger partial charge in [0.25, 0.3) is 0 Å². The van der Waals surface area contributed by atoms with E-state index in [0.717, 1.165) is 40.0 Å². The molecule has 1 aromatic rings. The molecule has 2 amide bonds. The zero-order valence-corrected chi connectivity index (χ0v) is 18.0. The summed E-state index contributed by atoms with van der Waals surface area (Å²) in [7, 11) is -3.75. The first-order valence-electron chi connectivity index (χ1n) is 8.86. The number of thiophene rings is 1. The molecular formula is C17H22BrN3O4S2. The lowest BCUT2D eigenvalue weighted by Gasteiger charge is -2.32. The fraction of sp³-hybridized carbons (Fsp3) is 0.529. The van der Waals surface area contributed by atoms with Gasteiger partial charge in [0.15, 0.2) is 0 Å². The largest absolute Gasteiger partial charge is 0.341 e. The van der Waals surface area contributed by atoms with Gasteiger partial charge in [-0.3, -0.25) is 9.59 Å². The Labute approximate surface area is 171 Å². The molecule has 10 heteroatoms. The van der Waals surface area contributed by atoms with Crippen LogP contribution in [0.2, 0.25) is 0 Å².